The van der Waals surface area contributed by atoms with Crippen molar-refractivity contribution in [2.45, 2.75) is 38.4 Å². The van der Waals surface area contributed by atoms with Crippen LogP contribution in [0.1, 0.15) is 37.3 Å². The van der Waals surface area contributed by atoms with Crippen LogP contribution in [0.5, 0.6) is 0 Å². The van der Waals surface area contributed by atoms with E-state index in [0.717, 1.165) is 5.56 Å². The van der Waals surface area contributed by atoms with Crippen molar-refractivity contribution in [2.24, 2.45) is 0 Å². The Morgan fingerprint density at radius 3 is 3.00 bits per heavy atom. The predicted molar refractivity (Wildman–Crippen MR) is 72.6 cm³/mol. The van der Waals surface area contributed by atoms with Crippen molar-refractivity contribution in [3.05, 3.63) is 41.5 Å². The lowest BCUT2D eigenvalue weighted by atomic mass is 10.1. The fourth-order valence-corrected chi connectivity index (χ4v) is 1.95. The van der Waals surface area contributed by atoms with Crippen molar-refractivity contribution in [3.8, 4) is 0 Å². The summed E-state index contributed by atoms with van der Waals surface area (Å²) in [5.41, 5.74) is 0.834. The van der Waals surface area contributed by atoms with Crippen molar-refractivity contribution < 1.29 is 8.81 Å². The van der Waals surface area contributed by atoms with Gasteiger partial charge >= 0.3 is 6.01 Å². The molecule has 0 saturated heterocycles. The van der Waals surface area contributed by atoms with Gasteiger partial charge in [0.2, 0.25) is 5.89 Å². The van der Waals surface area contributed by atoms with Crippen LogP contribution in [-0.2, 0) is 6.54 Å². The third-order valence-electron chi connectivity index (χ3n) is 3.27. The molecule has 2 N–H and O–H groups in total. The van der Waals surface area contributed by atoms with Gasteiger partial charge in [0.25, 0.3) is 0 Å². The molecular formula is C14H17FN4O. The van der Waals surface area contributed by atoms with E-state index in [2.05, 4.69) is 20.8 Å². The monoisotopic (exact) mass is 276 g/mol. The normalized spacial score (nSPS) is 16.1. The van der Waals surface area contributed by atoms with Crippen LogP contribution in [0.4, 0.5) is 10.4 Å². The zero-order valence-corrected chi connectivity index (χ0v) is 11.3. The van der Waals surface area contributed by atoms with Gasteiger partial charge in [-0.3, -0.25) is 0 Å². The van der Waals surface area contributed by atoms with Crippen molar-refractivity contribution in [2.75, 3.05) is 5.32 Å². The molecule has 0 radical (unpaired) electrons. The number of aromatic nitrogens is 2. The summed E-state index contributed by atoms with van der Waals surface area (Å²) in [5, 5.41) is 14.3. The van der Waals surface area contributed by atoms with E-state index in [1.54, 1.807) is 6.07 Å². The van der Waals surface area contributed by atoms with Gasteiger partial charge in [0.05, 0.1) is 12.6 Å². The number of benzene rings is 1. The van der Waals surface area contributed by atoms with E-state index in [0.29, 0.717) is 24.5 Å². The van der Waals surface area contributed by atoms with Gasteiger partial charge in [0.1, 0.15) is 5.82 Å². The lowest BCUT2D eigenvalue weighted by molar-refractivity contribution is 0.473. The predicted octanol–water partition coefficient (Wildman–Crippen LogP) is 2.63. The number of nitrogens with zero attached hydrogens (tertiary/aromatic N) is 2. The molecule has 0 spiro atoms. The van der Waals surface area contributed by atoms with E-state index in [1.807, 2.05) is 13.0 Å². The van der Waals surface area contributed by atoms with Crippen LogP contribution >= 0.6 is 0 Å². The zero-order valence-electron chi connectivity index (χ0n) is 11.3. The second-order valence-corrected chi connectivity index (χ2v) is 5.08. The van der Waals surface area contributed by atoms with E-state index in [4.69, 9.17) is 4.42 Å². The second-order valence-electron chi connectivity index (χ2n) is 5.08. The van der Waals surface area contributed by atoms with Crippen LogP contribution in [0.2, 0.25) is 0 Å². The van der Waals surface area contributed by atoms with Crippen LogP contribution in [-0.4, -0.2) is 16.2 Å². The summed E-state index contributed by atoms with van der Waals surface area (Å²) in [6, 6.07) is 7.30. The van der Waals surface area contributed by atoms with E-state index in [9.17, 15) is 4.39 Å². The highest BCUT2D eigenvalue weighted by Crippen LogP contribution is 2.21. The molecule has 0 bridgehead atoms. The Balaban J connectivity index is 1.59. The summed E-state index contributed by atoms with van der Waals surface area (Å²) >= 11 is 0. The Morgan fingerprint density at radius 2 is 2.25 bits per heavy atom. The van der Waals surface area contributed by atoms with Crippen LogP contribution in [0.3, 0.4) is 0 Å². The maximum atomic E-state index is 13.2. The number of halogens is 1. The van der Waals surface area contributed by atoms with E-state index >= 15 is 0 Å². The van der Waals surface area contributed by atoms with Gasteiger partial charge in [-0.05, 0) is 37.5 Å². The van der Waals surface area contributed by atoms with Crippen LogP contribution in [0.25, 0.3) is 0 Å². The largest absolute Gasteiger partial charge is 0.407 e. The molecule has 0 amide bonds. The summed E-state index contributed by atoms with van der Waals surface area (Å²) in [7, 11) is 0. The first kappa shape index (κ1) is 13.1. The summed E-state index contributed by atoms with van der Waals surface area (Å²) in [4.78, 5) is 0. The molecule has 2 aromatic rings. The standard InChI is InChI=1S/C14H17FN4O/c1-9(10-3-2-4-11(15)7-10)17-14-19-18-13(20-14)8-16-12-5-6-12/h2-4,7,9,12,16H,5-6,8H2,1H3,(H,17,19). The maximum Gasteiger partial charge on any atom is 0.315 e. The highest BCUT2D eigenvalue weighted by molar-refractivity contribution is 5.28. The SMILES string of the molecule is CC(Nc1nnc(CNC2CC2)o1)c1cccc(F)c1. The third-order valence-corrected chi connectivity index (χ3v) is 3.27. The van der Waals surface area contributed by atoms with E-state index in [1.165, 1.54) is 25.0 Å². The van der Waals surface area contributed by atoms with Gasteiger partial charge in [-0.25, -0.2) is 4.39 Å². The minimum atomic E-state index is -0.254. The van der Waals surface area contributed by atoms with Gasteiger partial charge in [-0.15, -0.1) is 5.10 Å². The molecule has 106 valence electrons. The van der Waals surface area contributed by atoms with Gasteiger partial charge in [0, 0.05) is 6.04 Å². The summed E-state index contributed by atoms with van der Waals surface area (Å²) in [5.74, 6) is 0.307. The molecule has 20 heavy (non-hydrogen) atoms. The average molecular weight is 276 g/mol. The molecule has 1 unspecified atom stereocenters. The molecule has 1 atom stereocenters. The van der Waals surface area contributed by atoms with Crippen molar-refractivity contribution in [1.82, 2.24) is 15.5 Å². The Labute approximate surface area is 116 Å². The molecule has 1 aliphatic rings. The summed E-state index contributed by atoms with van der Waals surface area (Å²) in [6.07, 6.45) is 2.44. The van der Waals surface area contributed by atoms with E-state index in [-0.39, 0.29) is 11.9 Å². The zero-order chi connectivity index (χ0) is 13.9. The fourth-order valence-electron chi connectivity index (χ4n) is 1.95. The molecule has 1 saturated carbocycles. The van der Waals surface area contributed by atoms with Gasteiger partial charge in [0.15, 0.2) is 0 Å². The molecule has 1 aromatic carbocycles. The van der Waals surface area contributed by atoms with Crippen LogP contribution < -0.4 is 10.6 Å². The topological polar surface area (TPSA) is 63.0 Å². The minimum absolute atomic E-state index is 0.101. The minimum Gasteiger partial charge on any atom is -0.407 e. The first-order valence-electron chi connectivity index (χ1n) is 6.78. The Hall–Kier alpha value is -1.95. The van der Waals surface area contributed by atoms with Crippen LogP contribution in [0.15, 0.2) is 28.7 Å². The number of nitrogens with one attached hydrogen (secondary N) is 2. The number of hydrogen-bond donors (Lipinski definition) is 2. The molecule has 1 aromatic heterocycles. The third kappa shape index (κ3) is 3.33. The van der Waals surface area contributed by atoms with Crippen molar-refractivity contribution in [3.63, 3.8) is 0 Å². The molecule has 1 heterocycles. The quantitative estimate of drug-likeness (QED) is 0.849. The highest BCUT2D eigenvalue weighted by atomic mass is 19.1. The number of anilines is 1. The summed E-state index contributed by atoms with van der Waals surface area (Å²) in [6.45, 7) is 2.51. The van der Waals surface area contributed by atoms with Crippen molar-refractivity contribution in [1.29, 1.82) is 0 Å². The lowest BCUT2D eigenvalue weighted by Gasteiger charge is -2.11. The Morgan fingerprint density at radius 1 is 1.40 bits per heavy atom. The van der Waals surface area contributed by atoms with E-state index < -0.39 is 0 Å². The fraction of sp³-hybridized carbons (Fsp3) is 0.429. The smallest absolute Gasteiger partial charge is 0.315 e. The average Bonchev–Trinajstić information content (AvgIpc) is 3.16. The molecule has 3 rings (SSSR count). The van der Waals surface area contributed by atoms with Crippen LogP contribution in [0, 0.1) is 5.82 Å². The first-order valence-corrected chi connectivity index (χ1v) is 6.78. The van der Waals surface area contributed by atoms with Crippen molar-refractivity contribution >= 4 is 6.01 Å². The Bertz CT molecular complexity index is 582. The summed E-state index contributed by atoms with van der Waals surface area (Å²) < 4.78 is 18.7. The van der Waals surface area contributed by atoms with Gasteiger partial charge in [-0.1, -0.05) is 17.2 Å². The molecule has 6 heteroatoms. The second kappa shape index (κ2) is 5.58. The highest BCUT2D eigenvalue weighted by Gasteiger charge is 2.21. The molecule has 1 aliphatic carbocycles. The molecule has 0 aliphatic heterocycles. The lowest BCUT2D eigenvalue weighted by Crippen LogP contribution is -2.15. The molecular weight excluding hydrogens is 259 g/mol. The first-order chi connectivity index (χ1) is 9.70. The number of rotatable bonds is 6. The number of hydrogen-bond acceptors (Lipinski definition) is 5. The maximum absolute atomic E-state index is 13.2. The Kier molecular flexibility index (Phi) is 3.64. The molecule has 1 fully saturated rings. The van der Waals surface area contributed by atoms with Gasteiger partial charge in [-0.2, -0.15) is 0 Å². The van der Waals surface area contributed by atoms with Gasteiger partial charge < -0.3 is 15.1 Å². The molecule has 5 nitrogen and oxygen atoms in total.